The fourth-order valence-corrected chi connectivity index (χ4v) is 3.23. The molecule has 0 heterocycles. The van der Waals surface area contributed by atoms with Crippen LogP contribution >= 0.6 is 8.03 Å². The van der Waals surface area contributed by atoms with Crippen molar-refractivity contribution in [2.24, 2.45) is 0 Å². The first kappa shape index (κ1) is 18.8. The molecular formula is C16H25NO4P+. The Morgan fingerprint density at radius 1 is 1.27 bits per heavy atom. The number of rotatable bonds is 6. The molecule has 6 heteroatoms. The molecule has 0 aliphatic rings. The summed E-state index contributed by atoms with van der Waals surface area (Å²) in [4.78, 5) is 27.9. The second kappa shape index (κ2) is 7.32. The maximum atomic E-state index is 12.7. The van der Waals surface area contributed by atoms with Crippen molar-refractivity contribution in [2.45, 2.75) is 58.2 Å². The summed E-state index contributed by atoms with van der Waals surface area (Å²) in [6.07, 6.45) is 0.879. The van der Waals surface area contributed by atoms with Crippen LogP contribution in [0, 0.1) is 0 Å². The fraction of sp³-hybridized carbons (Fsp3) is 0.562. The van der Waals surface area contributed by atoms with Crippen molar-refractivity contribution in [1.29, 1.82) is 0 Å². The third-order valence-electron chi connectivity index (χ3n) is 3.51. The van der Waals surface area contributed by atoms with Gasteiger partial charge in [0, 0.05) is 12.0 Å². The molecule has 0 spiro atoms. The molecular weight excluding hydrogens is 301 g/mol. The van der Waals surface area contributed by atoms with Gasteiger partial charge in [-0.25, -0.2) is 5.48 Å². The minimum absolute atomic E-state index is 0.203. The van der Waals surface area contributed by atoms with Gasteiger partial charge < -0.3 is 0 Å². The van der Waals surface area contributed by atoms with E-state index in [4.69, 9.17) is 4.84 Å². The number of carbonyl (C=O) groups excluding carboxylic acids is 1. The lowest BCUT2D eigenvalue weighted by atomic mass is 9.89. The molecule has 2 N–H and O–H groups in total. The number of amides is 1. The molecule has 1 rings (SSSR count). The number of hydrogen-bond acceptors (Lipinski definition) is 3. The van der Waals surface area contributed by atoms with Gasteiger partial charge in [0.15, 0.2) is 0 Å². The number of nitrogens with one attached hydrogen (secondary N) is 1. The molecule has 0 aromatic heterocycles. The molecule has 1 aromatic rings. The van der Waals surface area contributed by atoms with Gasteiger partial charge in [-0.15, -0.1) is 0 Å². The zero-order chi connectivity index (χ0) is 17.0. The highest BCUT2D eigenvalue weighted by molar-refractivity contribution is 7.41. The Labute approximate surface area is 132 Å². The van der Waals surface area contributed by atoms with Gasteiger partial charge in [-0.05, 0) is 37.3 Å². The second-order valence-electron chi connectivity index (χ2n) is 6.14. The number of aryl methyl sites for hydroxylation is 1. The molecule has 5 nitrogen and oxygen atoms in total. The molecule has 2 unspecified atom stereocenters. The summed E-state index contributed by atoms with van der Waals surface area (Å²) in [6.45, 7) is 9.05. The normalized spacial score (nSPS) is 15.1. The van der Waals surface area contributed by atoms with Gasteiger partial charge in [0.05, 0.1) is 5.60 Å². The minimum Gasteiger partial charge on any atom is -0.268 e. The van der Waals surface area contributed by atoms with Crippen LogP contribution in [0.2, 0.25) is 0 Å². The first-order chi connectivity index (χ1) is 10.2. The van der Waals surface area contributed by atoms with E-state index in [0.29, 0.717) is 12.0 Å². The Balaban J connectivity index is 3.32. The molecule has 0 saturated carbocycles. The smallest absolute Gasteiger partial charge is 0.268 e. The van der Waals surface area contributed by atoms with Crippen LogP contribution in [0.3, 0.4) is 0 Å². The molecule has 22 heavy (non-hydrogen) atoms. The van der Waals surface area contributed by atoms with Gasteiger partial charge in [-0.1, -0.05) is 38.1 Å². The standard InChI is InChI=1S/C16H24NO4P/c1-6-12-10-8-9-11-13(12)16(7-2,22(19)20)14(18)17-21-15(3,4)5/h8-11H,6-7H2,1-5H3,(H-,17,18,19,20)/p+1. The maximum Gasteiger partial charge on any atom is 0.527 e. The van der Waals surface area contributed by atoms with Crippen LogP contribution in [0.25, 0.3) is 0 Å². The summed E-state index contributed by atoms with van der Waals surface area (Å²) < 4.78 is 12.1. The topological polar surface area (TPSA) is 75.6 Å². The van der Waals surface area contributed by atoms with E-state index >= 15 is 0 Å². The van der Waals surface area contributed by atoms with Gasteiger partial charge in [0.25, 0.3) is 0 Å². The first-order valence-corrected chi connectivity index (χ1v) is 8.63. The van der Waals surface area contributed by atoms with Gasteiger partial charge in [-0.3, -0.25) is 9.63 Å². The molecule has 0 radical (unpaired) electrons. The lowest BCUT2D eigenvalue weighted by Gasteiger charge is -2.25. The monoisotopic (exact) mass is 326 g/mol. The summed E-state index contributed by atoms with van der Waals surface area (Å²) in [5.41, 5.74) is 3.24. The summed E-state index contributed by atoms with van der Waals surface area (Å²) in [5, 5.41) is -1.51. The van der Waals surface area contributed by atoms with Crippen molar-refractivity contribution < 1.29 is 19.1 Å². The quantitative estimate of drug-likeness (QED) is 0.620. The highest BCUT2D eigenvalue weighted by atomic mass is 31.1. The Kier molecular flexibility index (Phi) is 6.24. The molecule has 0 fully saturated rings. The predicted octanol–water partition coefficient (Wildman–Crippen LogP) is 3.44. The molecule has 0 aliphatic heterocycles. The van der Waals surface area contributed by atoms with Crippen LogP contribution < -0.4 is 5.48 Å². The first-order valence-electron chi connectivity index (χ1n) is 7.42. The molecule has 1 aromatic carbocycles. The van der Waals surface area contributed by atoms with E-state index in [2.05, 4.69) is 5.48 Å². The highest BCUT2D eigenvalue weighted by Gasteiger charge is 2.57. The lowest BCUT2D eigenvalue weighted by Crippen LogP contribution is -2.45. The second-order valence-corrected chi connectivity index (χ2v) is 7.45. The van der Waals surface area contributed by atoms with Crippen molar-refractivity contribution >= 4 is 13.9 Å². The van der Waals surface area contributed by atoms with Gasteiger partial charge in [0.2, 0.25) is 0 Å². The zero-order valence-corrected chi connectivity index (χ0v) is 14.7. The molecule has 122 valence electrons. The van der Waals surface area contributed by atoms with E-state index in [1.54, 1.807) is 39.8 Å². The van der Waals surface area contributed by atoms with E-state index in [1.165, 1.54) is 0 Å². The summed E-state index contributed by atoms with van der Waals surface area (Å²) in [6, 6.07) is 7.24. The van der Waals surface area contributed by atoms with Crippen LogP contribution in [0.5, 0.6) is 0 Å². The van der Waals surface area contributed by atoms with Crippen LogP contribution in [-0.4, -0.2) is 16.4 Å². The Morgan fingerprint density at radius 2 is 1.86 bits per heavy atom. The van der Waals surface area contributed by atoms with Crippen LogP contribution in [0.4, 0.5) is 0 Å². The number of hydrogen-bond donors (Lipinski definition) is 2. The van der Waals surface area contributed by atoms with Crippen molar-refractivity contribution in [2.75, 3.05) is 0 Å². The van der Waals surface area contributed by atoms with Crippen molar-refractivity contribution in [1.82, 2.24) is 5.48 Å². The third-order valence-corrected chi connectivity index (χ3v) is 4.92. The SMILES string of the molecule is CCc1ccccc1C(CC)(C(=O)NOC(C)(C)C)[P+](=O)O. The van der Waals surface area contributed by atoms with Gasteiger partial charge in [-0.2, -0.15) is 4.89 Å². The van der Waals surface area contributed by atoms with E-state index in [9.17, 15) is 14.3 Å². The van der Waals surface area contributed by atoms with E-state index in [0.717, 1.165) is 5.56 Å². The average Bonchev–Trinajstić information content (AvgIpc) is 2.46. The largest absolute Gasteiger partial charge is 0.527 e. The van der Waals surface area contributed by atoms with Crippen LogP contribution in [0.15, 0.2) is 24.3 Å². The average molecular weight is 326 g/mol. The molecule has 1 amide bonds. The molecule has 0 saturated heterocycles. The van der Waals surface area contributed by atoms with E-state index in [1.807, 2.05) is 19.1 Å². The summed E-state index contributed by atoms with van der Waals surface area (Å²) in [7, 11) is -2.78. The van der Waals surface area contributed by atoms with Gasteiger partial charge >= 0.3 is 19.1 Å². The van der Waals surface area contributed by atoms with Crippen molar-refractivity contribution in [3.63, 3.8) is 0 Å². The van der Waals surface area contributed by atoms with E-state index < -0.39 is 24.7 Å². The van der Waals surface area contributed by atoms with Gasteiger partial charge in [0.1, 0.15) is 0 Å². The number of hydroxylamine groups is 1. The van der Waals surface area contributed by atoms with Crippen LogP contribution in [0.1, 0.15) is 52.2 Å². The Hall–Kier alpha value is -1.29. The van der Waals surface area contributed by atoms with Crippen molar-refractivity contribution in [3.05, 3.63) is 35.4 Å². The van der Waals surface area contributed by atoms with Crippen LogP contribution in [-0.2, 0) is 25.8 Å². The summed E-state index contributed by atoms with van der Waals surface area (Å²) >= 11 is 0. The lowest BCUT2D eigenvalue weighted by molar-refractivity contribution is -0.148. The number of carbonyl (C=O) groups is 1. The third kappa shape index (κ3) is 3.92. The zero-order valence-electron chi connectivity index (χ0n) is 13.8. The van der Waals surface area contributed by atoms with E-state index in [-0.39, 0.29) is 6.42 Å². The molecule has 0 aliphatic carbocycles. The summed E-state index contributed by atoms with van der Waals surface area (Å²) in [5.74, 6) is -0.588. The Morgan fingerprint density at radius 3 is 2.32 bits per heavy atom. The number of benzene rings is 1. The molecule has 2 atom stereocenters. The maximum absolute atomic E-state index is 12.7. The minimum atomic E-state index is -2.78. The van der Waals surface area contributed by atoms with Crippen molar-refractivity contribution in [3.8, 4) is 0 Å². The fourth-order valence-electron chi connectivity index (χ4n) is 2.31. The molecule has 0 bridgehead atoms. The predicted molar refractivity (Wildman–Crippen MR) is 86.6 cm³/mol. The highest BCUT2D eigenvalue weighted by Crippen LogP contribution is 2.48. The Bertz CT molecular complexity index is 553.